The SMILES string of the molecule is O=S(=O)(O)C1=CCCc2ccccc21. The van der Waals surface area contributed by atoms with Gasteiger partial charge in [-0.15, -0.1) is 0 Å². The van der Waals surface area contributed by atoms with Crippen LogP contribution in [-0.2, 0) is 16.5 Å². The lowest BCUT2D eigenvalue weighted by atomic mass is 9.97. The first-order valence-corrected chi connectivity index (χ1v) is 5.79. The first kappa shape index (κ1) is 9.43. The molecule has 0 aliphatic heterocycles. The monoisotopic (exact) mass is 210 g/mol. The molecule has 4 heteroatoms. The molecule has 0 bridgehead atoms. The van der Waals surface area contributed by atoms with Crippen LogP contribution in [0.25, 0.3) is 4.91 Å². The molecular formula is C10H10O3S. The van der Waals surface area contributed by atoms with Gasteiger partial charge in [0.15, 0.2) is 0 Å². The fraction of sp³-hybridized carbons (Fsp3) is 0.200. The van der Waals surface area contributed by atoms with Crippen LogP contribution in [0, 0.1) is 0 Å². The Hall–Kier alpha value is -1.13. The zero-order chi connectivity index (χ0) is 10.2. The summed E-state index contributed by atoms with van der Waals surface area (Å²) in [4.78, 5) is 0.0411. The molecular weight excluding hydrogens is 200 g/mol. The molecule has 0 heterocycles. The molecule has 0 spiro atoms. The van der Waals surface area contributed by atoms with E-state index in [4.69, 9.17) is 4.55 Å². The van der Waals surface area contributed by atoms with Crippen molar-refractivity contribution < 1.29 is 13.0 Å². The lowest BCUT2D eigenvalue weighted by Crippen LogP contribution is -2.07. The van der Waals surface area contributed by atoms with Crippen LogP contribution in [0.4, 0.5) is 0 Å². The van der Waals surface area contributed by atoms with Gasteiger partial charge in [0, 0.05) is 0 Å². The van der Waals surface area contributed by atoms with E-state index in [1.54, 1.807) is 18.2 Å². The van der Waals surface area contributed by atoms with E-state index >= 15 is 0 Å². The van der Waals surface area contributed by atoms with E-state index in [2.05, 4.69) is 0 Å². The van der Waals surface area contributed by atoms with Crippen LogP contribution in [0.3, 0.4) is 0 Å². The normalized spacial score (nSPS) is 15.9. The van der Waals surface area contributed by atoms with Crippen LogP contribution in [0.15, 0.2) is 30.3 Å². The molecule has 2 rings (SSSR count). The Morgan fingerprint density at radius 3 is 2.64 bits per heavy atom. The highest BCUT2D eigenvalue weighted by Crippen LogP contribution is 2.29. The summed E-state index contributed by atoms with van der Waals surface area (Å²) in [7, 11) is -4.08. The molecule has 0 unspecified atom stereocenters. The van der Waals surface area contributed by atoms with Crippen LogP contribution in [-0.4, -0.2) is 13.0 Å². The number of hydrogen-bond acceptors (Lipinski definition) is 2. The molecule has 0 saturated heterocycles. The second-order valence-electron chi connectivity index (χ2n) is 3.24. The predicted octanol–water partition coefficient (Wildman–Crippen LogP) is 1.86. The third-order valence-electron chi connectivity index (χ3n) is 2.30. The fourth-order valence-electron chi connectivity index (χ4n) is 1.69. The molecule has 1 aromatic rings. The summed E-state index contributed by atoms with van der Waals surface area (Å²) in [6.07, 6.45) is 3.05. The molecule has 0 aromatic heterocycles. The van der Waals surface area contributed by atoms with E-state index in [0.717, 1.165) is 12.0 Å². The van der Waals surface area contributed by atoms with E-state index < -0.39 is 10.1 Å². The summed E-state index contributed by atoms with van der Waals surface area (Å²) in [5.41, 5.74) is 1.60. The molecule has 0 atom stereocenters. The Labute approximate surface area is 82.8 Å². The maximum Gasteiger partial charge on any atom is 0.294 e. The van der Waals surface area contributed by atoms with Gasteiger partial charge in [0.1, 0.15) is 0 Å². The van der Waals surface area contributed by atoms with E-state index in [9.17, 15) is 8.42 Å². The van der Waals surface area contributed by atoms with Gasteiger partial charge in [0.25, 0.3) is 10.1 Å². The van der Waals surface area contributed by atoms with Crippen molar-refractivity contribution in [3.63, 3.8) is 0 Å². The Balaban J connectivity index is 2.62. The fourth-order valence-corrected chi connectivity index (χ4v) is 2.50. The van der Waals surface area contributed by atoms with Crippen LogP contribution in [0.1, 0.15) is 17.5 Å². The highest BCUT2D eigenvalue weighted by atomic mass is 32.2. The lowest BCUT2D eigenvalue weighted by Gasteiger charge is -2.14. The topological polar surface area (TPSA) is 54.4 Å². The molecule has 74 valence electrons. The largest absolute Gasteiger partial charge is 0.294 e. The number of aryl methyl sites for hydroxylation is 1. The van der Waals surface area contributed by atoms with Crippen molar-refractivity contribution in [1.82, 2.24) is 0 Å². The average Bonchev–Trinajstić information content (AvgIpc) is 2.15. The molecule has 1 aromatic carbocycles. The standard InChI is InChI=1S/C10H10O3S/c11-14(12,13)10-7-3-5-8-4-1-2-6-9(8)10/h1-2,4,6-7H,3,5H2,(H,11,12,13). The maximum atomic E-state index is 11.0. The highest BCUT2D eigenvalue weighted by Gasteiger charge is 2.21. The van der Waals surface area contributed by atoms with E-state index in [1.165, 1.54) is 0 Å². The van der Waals surface area contributed by atoms with Gasteiger partial charge in [-0.25, -0.2) is 0 Å². The quantitative estimate of drug-likeness (QED) is 0.720. The minimum absolute atomic E-state index is 0.0411. The molecule has 0 radical (unpaired) electrons. The molecule has 3 nitrogen and oxygen atoms in total. The van der Waals surface area contributed by atoms with Crippen molar-refractivity contribution in [3.8, 4) is 0 Å². The second kappa shape index (κ2) is 3.22. The van der Waals surface area contributed by atoms with Gasteiger partial charge < -0.3 is 0 Å². The van der Waals surface area contributed by atoms with Crippen LogP contribution in [0.2, 0.25) is 0 Å². The Morgan fingerprint density at radius 1 is 1.21 bits per heavy atom. The number of benzene rings is 1. The number of hydrogen-bond donors (Lipinski definition) is 1. The number of allylic oxidation sites excluding steroid dienone is 1. The molecule has 14 heavy (non-hydrogen) atoms. The average molecular weight is 210 g/mol. The maximum absolute atomic E-state index is 11.0. The molecule has 0 fully saturated rings. The van der Waals surface area contributed by atoms with Gasteiger partial charge in [-0.05, 0) is 24.0 Å². The van der Waals surface area contributed by atoms with Gasteiger partial charge in [0.05, 0.1) is 4.91 Å². The van der Waals surface area contributed by atoms with Crippen molar-refractivity contribution in [3.05, 3.63) is 41.5 Å². The first-order valence-electron chi connectivity index (χ1n) is 4.35. The van der Waals surface area contributed by atoms with Gasteiger partial charge in [0.2, 0.25) is 0 Å². The summed E-state index contributed by atoms with van der Waals surface area (Å²) in [6, 6.07) is 7.23. The summed E-state index contributed by atoms with van der Waals surface area (Å²) in [6.45, 7) is 0. The van der Waals surface area contributed by atoms with Gasteiger partial charge in [-0.3, -0.25) is 4.55 Å². The zero-order valence-corrected chi connectivity index (χ0v) is 8.29. The number of rotatable bonds is 1. The van der Waals surface area contributed by atoms with Gasteiger partial charge in [-0.1, -0.05) is 30.3 Å². The van der Waals surface area contributed by atoms with E-state index in [1.807, 2.05) is 12.1 Å². The van der Waals surface area contributed by atoms with Crippen LogP contribution >= 0.6 is 0 Å². The van der Waals surface area contributed by atoms with Crippen LogP contribution < -0.4 is 0 Å². The molecule has 1 N–H and O–H groups in total. The molecule has 0 saturated carbocycles. The third-order valence-corrected chi connectivity index (χ3v) is 3.25. The van der Waals surface area contributed by atoms with Crippen molar-refractivity contribution in [2.45, 2.75) is 12.8 Å². The Bertz CT molecular complexity index is 486. The van der Waals surface area contributed by atoms with E-state index in [-0.39, 0.29) is 4.91 Å². The van der Waals surface area contributed by atoms with Gasteiger partial charge >= 0.3 is 0 Å². The zero-order valence-electron chi connectivity index (χ0n) is 7.47. The summed E-state index contributed by atoms with van der Waals surface area (Å²) in [5, 5.41) is 0. The van der Waals surface area contributed by atoms with Crippen molar-refractivity contribution >= 4 is 15.0 Å². The summed E-state index contributed by atoms with van der Waals surface area (Å²) in [5.74, 6) is 0. The smallest absolute Gasteiger partial charge is 0.282 e. The molecule has 0 amide bonds. The van der Waals surface area contributed by atoms with Crippen molar-refractivity contribution in [2.24, 2.45) is 0 Å². The first-order chi connectivity index (χ1) is 6.59. The summed E-state index contributed by atoms with van der Waals surface area (Å²) >= 11 is 0. The Kier molecular flexibility index (Phi) is 2.17. The molecule has 1 aliphatic rings. The minimum atomic E-state index is -4.08. The van der Waals surface area contributed by atoms with Crippen LogP contribution in [0.5, 0.6) is 0 Å². The van der Waals surface area contributed by atoms with E-state index in [0.29, 0.717) is 12.0 Å². The Morgan fingerprint density at radius 2 is 1.93 bits per heavy atom. The van der Waals surface area contributed by atoms with Crippen molar-refractivity contribution in [2.75, 3.05) is 0 Å². The highest BCUT2D eigenvalue weighted by molar-refractivity contribution is 7.95. The third kappa shape index (κ3) is 1.58. The second-order valence-corrected chi connectivity index (χ2v) is 4.63. The predicted molar refractivity (Wildman–Crippen MR) is 54.3 cm³/mol. The minimum Gasteiger partial charge on any atom is -0.282 e. The molecule has 1 aliphatic carbocycles. The summed E-state index contributed by atoms with van der Waals surface area (Å²) < 4.78 is 31.1. The number of fused-ring (bicyclic) bond motifs is 1. The van der Waals surface area contributed by atoms with Crippen molar-refractivity contribution in [1.29, 1.82) is 0 Å². The van der Waals surface area contributed by atoms with Gasteiger partial charge in [-0.2, -0.15) is 8.42 Å². The lowest BCUT2D eigenvalue weighted by molar-refractivity contribution is 0.496.